The first-order valence-corrected chi connectivity index (χ1v) is 7.02. The van der Waals surface area contributed by atoms with Crippen molar-refractivity contribution in [2.45, 2.75) is 39.8 Å². The van der Waals surface area contributed by atoms with Gasteiger partial charge in [-0.2, -0.15) is 13.2 Å². The van der Waals surface area contributed by atoms with E-state index in [1.807, 2.05) is 39.8 Å². The summed E-state index contributed by atoms with van der Waals surface area (Å²) in [5.74, 6) is 0.286. The zero-order chi connectivity index (χ0) is 16.0. The van der Waals surface area contributed by atoms with Crippen LogP contribution in [-0.2, 0) is 6.18 Å². The number of hydrogen-bond acceptors (Lipinski definition) is 1. The van der Waals surface area contributed by atoms with Crippen molar-refractivity contribution >= 4 is 0 Å². The SMILES string of the molecule is CC.CC(C)c1cccc(-c2ccc(C(F)(F)F)cc2)n1. The minimum atomic E-state index is -4.30. The Kier molecular flexibility index (Phi) is 5.94. The Hall–Kier alpha value is -1.84. The summed E-state index contributed by atoms with van der Waals surface area (Å²) in [7, 11) is 0. The van der Waals surface area contributed by atoms with E-state index in [-0.39, 0.29) is 5.92 Å². The normalized spacial score (nSPS) is 11.0. The molecule has 0 atom stereocenters. The molecule has 21 heavy (non-hydrogen) atoms. The minimum absolute atomic E-state index is 0.286. The van der Waals surface area contributed by atoms with Crippen LogP contribution < -0.4 is 0 Å². The number of hydrogen-bond donors (Lipinski definition) is 0. The summed E-state index contributed by atoms with van der Waals surface area (Å²) in [6, 6.07) is 10.7. The molecular weight excluding hydrogens is 275 g/mol. The molecule has 2 rings (SSSR count). The van der Waals surface area contributed by atoms with Crippen LogP contribution in [0.1, 0.15) is 44.9 Å². The molecule has 0 aliphatic carbocycles. The smallest absolute Gasteiger partial charge is 0.253 e. The Morgan fingerprint density at radius 1 is 0.905 bits per heavy atom. The van der Waals surface area contributed by atoms with Crippen molar-refractivity contribution in [3.63, 3.8) is 0 Å². The van der Waals surface area contributed by atoms with Gasteiger partial charge < -0.3 is 0 Å². The lowest BCUT2D eigenvalue weighted by atomic mass is 10.1. The van der Waals surface area contributed by atoms with Gasteiger partial charge in [0.1, 0.15) is 0 Å². The van der Waals surface area contributed by atoms with Crippen molar-refractivity contribution in [2.24, 2.45) is 0 Å². The highest BCUT2D eigenvalue weighted by Crippen LogP contribution is 2.30. The summed E-state index contributed by atoms with van der Waals surface area (Å²) >= 11 is 0. The number of alkyl halides is 3. The Morgan fingerprint density at radius 3 is 1.95 bits per heavy atom. The van der Waals surface area contributed by atoms with Crippen LogP contribution in [-0.4, -0.2) is 4.98 Å². The third-order valence-corrected chi connectivity index (χ3v) is 2.87. The number of halogens is 3. The van der Waals surface area contributed by atoms with Gasteiger partial charge in [-0.1, -0.05) is 45.9 Å². The first kappa shape index (κ1) is 17.2. The molecule has 0 bridgehead atoms. The van der Waals surface area contributed by atoms with Gasteiger partial charge in [0.25, 0.3) is 0 Å². The second-order valence-electron chi connectivity index (χ2n) is 4.68. The van der Waals surface area contributed by atoms with E-state index >= 15 is 0 Å². The van der Waals surface area contributed by atoms with Crippen LogP contribution in [0.15, 0.2) is 42.5 Å². The highest BCUT2D eigenvalue weighted by molar-refractivity contribution is 5.59. The summed E-state index contributed by atoms with van der Waals surface area (Å²) < 4.78 is 37.4. The van der Waals surface area contributed by atoms with Crippen molar-refractivity contribution in [3.05, 3.63) is 53.7 Å². The van der Waals surface area contributed by atoms with Crippen molar-refractivity contribution in [1.82, 2.24) is 4.98 Å². The third-order valence-electron chi connectivity index (χ3n) is 2.87. The molecule has 0 N–H and O–H groups in total. The maximum absolute atomic E-state index is 12.5. The Morgan fingerprint density at radius 2 is 1.48 bits per heavy atom. The molecular formula is C17H20F3N. The zero-order valence-corrected chi connectivity index (χ0v) is 12.7. The van der Waals surface area contributed by atoms with Crippen LogP contribution in [0.3, 0.4) is 0 Å². The molecule has 0 aliphatic rings. The van der Waals surface area contributed by atoms with Crippen LogP contribution >= 0.6 is 0 Å². The average molecular weight is 295 g/mol. The first-order chi connectivity index (χ1) is 9.88. The molecule has 0 radical (unpaired) electrons. The van der Waals surface area contributed by atoms with E-state index in [1.54, 1.807) is 6.07 Å². The summed E-state index contributed by atoms with van der Waals surface area (Å²) in [6.07, 6.45) is -4.30. The molecule has 114 valence electrons. The van der Waals surface area contributed by atoms with Crippen molar-refractivity contribution in [2.75, 3.05) is 0 Å². The summed E-state index contributed by atoms with van der Waals surface area (Å²) in [5.41, 5.74) is 1.67. The van der Waals surface area contributed by atoms with E-state index in [1.165, 1.54) is 12.1 Å². The van der Waals surface area contributed by atoms with Gasteiger partial charge in [0.15, 0.2) is 0 Å². The van der Waals surface area contributed by atoms with Gasteiger partial charge in [0, 0.05) is 11.3 Å². The fourth-order valence-corrected chi connectivity index (χ4v) is 1.76. The Labute approximate surface area is 123 Å². The first-order valence-electron chi connectivity index (χ1n) is 7.02. The van der Waals surface area contributed by atoms with Crippen LogP contribution in [0.25, 0.3) is 11.3 Å². The average Bonchev–Trinajstić information content (AvgIpc) is 2.49. The molecule has 0 spiro atoms. The summed E-state index contributed by atoms with van der Waals surface area (Å²) in [4.78, 5) is 4.45. The van der Waals surface area contributed by atoms with Gasteiger partial charge in [-0.15, -0.1) is 0 Å². The van der Waals surface area contributed by atoms with Crippen LogP contribution in [0.4, 0.5) is 13.2 Å². The maximum atomic E-state index is 12.5. The van der Waals surface area contributed by atoms with E-state index in [4.69, 9.17) is 0 Å². The molecule has 0 aliphatic heterocycles. The van der Waals surface area contributed by atoms with E-state index < -0.39 is 11.7 Å². The van der Waals surface area contributed by atoms with Crippen LogP contribution in [0, 0.1) is 0 Å². The topological polar surface area (TPSA) is 12.9 Å². The zero-order valence-electron chi connectivity index (χ0n) is 12.7. The highest BCUT2D eigenvalue weighted by atomic mass is 19.4. The monoisotopic (exact) mass is 295 g/mol. The molecule has 1 aromatic carbocycles. The van der Waals surface area contributed by atoms with Crippen molar-refractivity contribution in [3.8, 4) is 11.3 Å². The van der Waals surface area contributed by atoms with Gasteiger partial charge in [-0.05, 0) is 30.2 Å². The van der Waals surface area contributed by atoms with Gasteiger partial charge in [0.2, 0.25) is 0 Å². The molecule has 4 heteroatoms. The van der Waals surface area contributed by atoms with Gasteiger partial charge >= 0.3 is 6.18 Å². The number of nitrogens with zero attached hydrogens (tertiary/aromatic N) is 1. The van der Waals surface area contributed by atoms with Crippen molar-refractivity contribution < 1.29 is 13.2 Å². The number of pyridine rings is 1. The molecule has 1 nitrogen and oxygen atoms in total. The highest BCUT2D eigenvalue weighted by Gasteiger charge is 2.29. The fourth-order valence-electron chi connectivity index (χ4n) is 1.76. The van der Waals surface area contributed by atoms with E-state index in [0.717, 1.165) is 17.8 Å². The standard InChI is InChI=1S/C15H14F3N.C2H6/c1-10(2)13-4-3-5-14(19-13)11-6-8-12(9-7-11)15(16,17)18;1-2/h3-10H,1-2H3;1-2H3. The summed E-state index contributed by atoms with van der Waals surface area (Å²) in [6.45, 7) is 8.05. The number of rotatable bonds is 2. The number of benzene rings is 1. The molecule has 0 saturated heterocycles. The Bertz CT molecular complexity index is 557. The second-order valence-corrected chi connectivity index (χ2v) is 4.68. The van der Waals surface area contributed by atoms with Crippen molar-refractivity contribution in [1.29, 1.82) is 0 Å². The lowest BCUT2D eigenvalue weighted by Crippen LogP contribution is -2.04. The molecule has 0 saturated carbocycles. The fraction of sp³-hybridized carbons (Fsp3) is 0.353. The second kappa shape index (κ2) is 7.25. The molecule has 1 aromatic heterocycles. The lowest BCUT2D eigenvalue weighted by molar-refractivity contribution is -0.137. The summed E-state index contributed by atoms with van der Waals surface area (Å²) in [5, 5.41) is 0. The van der Waals surface area contributed by atoms with Gasteiger partial charge in [-0.3, -0.25) is 4.98 Å². The quantitative estimate of drug-likeness (QED) is 0.670. The molecule has 0 fully saturated rings. The minimum Gasteiger partial charge on any atom is -0.253 e. The van der Waals surface area contributed by atoms with E-state index in [0.29, 0.717) is 11.3 Å². The van der Waals surface area contributed by atoms with Gasteiger partial charge in [-0.25, -0.2) is 0 Å². The predicted molar refractivity (Wildman–Crippen MR) is 80.1 cm³/mol. The molecule has 0 amide bonds. The maximum Gasteiger partial charge on any atom is 0.416 e. The van der Waals surface area contributed by atoms with E-state index in [9.17, 15) is 13.2 Å². The van der Waals surface area contributed by atoms with Crippen LogP contribution in [0.2, 0.25) is 0 Å². The number of aromatic nitrogens is 1. The molecule has 2 aromatic rings. The molecule has 0 unspecified atom stereocenters. The van der Waals surface area contributed by atoms with Crippen LogP contribution in [0.5, 0.6) is 0 Å². The lowest BCUT2D eigenvalue weighted by Gasteiger charge is -2.09. The predicted octanol–water partition coefficient (Wildman–Crippen LogP) is 5.92. The van der Waals surface area contributed by atoms with E-state index in [2.05, 4.69) is 4.98 Å². The Balaban J connectivity index is 0.00000106. The third kappa shape index (κ3) is 4.59. The molecule has 1 heterocycles. The largest absolute Gasteiger partial charge is 0.416 e. The van der Waals surface area contributed by atoms with Gasteiger partial charge in [0.05, 0.1) is 11.3 Å².